The van der Waals surface area contributed by atoms with Crippen LogP contribution in [0.25, 0.3) is 0 Å². The summed E-state index contributed by atoms with van der Waals surface area (Å²) >= 11 is 7.53. The van der Waals surface area contributed by atoms with Crippen LogP contribution < -0.4 is 0 Å². The zero-order valence-corrected chi connectivity index (χ0v) is 14.8. The number of nitrogens with zero attached hydrogens (tertiary/aromatic N) is 3. The van der Waals surface area contributed by atoms with Crippen molar-refractivity contribution < 1.29 is 4.79 Å². The van der Waals surface area contributed by atoms with Gasteiger partial charge in [0.05, 0.1) is 12.5 Å². The van der Waals surface area contributed by atoms with Gasteiger partial charge in [0.2, 0.25) is 5.91 Å². The number of amides is 1. The molecule has 0 N–H and O–H groups in total. The minimum atomic E-state index is -0.295. The van der Waals surface area contributed by atoms with Crippen molar-refractivity contribution in [2.75, 3.05) is 26.2 Å². The number of piperazine rings is 1. The quantitative estimate of drug-likeness (QED) is 0.841. The third-order valence-corrected chi connectivity index (χ3v) is 5.37. The number of carbonyl (C=O) groups excluding carboxylic acids is 1. The SMILES string of the molecule is N#CC(c1ccc(Cl)cc1)N1CCN(C(=O)Cc2cccs2)CC1. The van der Waals surface area contributed by atoms with E-state index >= 15 is 0 Å². The molecule has 0 aliphatic carbocycles. The van der Waals surface area contributed by atoms with Gasteiger partial charge in [-0.05, 0) is 29.1 Å². The van der Waals surface area contributed by atoms with Crippen molar-refractivity contribution in [3.05, 3.63) is 57.2 Å². The van der Waals surface area contributed by atoms with Gasteiger partial charge < -0.3 is 4.90 Å². The van der Waals surface area contributed by atoms with Crippen LogP contribution >= 0.6 is 22.9 Å². The molecule has 2 aromatic rings. The first-order valence-corrected chi connectivity index (χ1v) is 9.12. The lowest BCUT2D eigenvalue weighted by Gasteiger charge is -2.37. The molecular formula is C18H18ClN3OS. The van der Waals surface area contributed by atoms with Crippen LogP contribution in [0.4, 0.5) is 0 Å². The van der Waals surface area contributed by atoms with Crippen LogP contribution in [0.15, 0.2) is 41.8 Å². The van der Waals surface area contributed by atoms with Crippen LogP contribution in [-0.2, 0) is 11.2 Å². The van der Waals surface area contributed by atoms with Crippen LogP contribution in [0.1, 0.15) is 16.5 Å². The summed E-state index contributed by atoms with van der Waals surface area (Å²) < 4.78 is 0. The van der Waals surface area contributed by atoms with Gasteiger partial charge in [-0.15, -0.1) is 11.3 Å². The third kappa shape index (κ3) is 3.96. The molecule has 124 valence electrons. The molecule has 1 fully saturated rings. The van der Waals surface area contributed by atoms with E-state index < -0.39 is 0 Å². The fourth-order valence-corrected chi connectivity index (χ4v) is 3.74. The molecule has 0 saturated carbocycles. The van der Waals surface area contributed by atoms with Crippen LogP contribution in [0.3, 0.4) is 0 Å². The van der Waals surface area contributed by atoms with Gasteiger partial charge in [0.15, 0.2) is 0 Å². The maximum atomic E-state index is 12.4. The highest BCUT2D eigenvalue weighted by Crippen LogP contribution is 2.23. The van der Waals surface area contributed by atoms with Gasteiger partial charge in [-0.3, -0.25) is 9.69 Å². The first kappa shape index (κ1) is 17.0. The molecule has 2 heterocycles. The lowest BCUT2D eigenvalue weighted by Crippen LogP contribution is -2.49. The standard InChI is InChI=1S/C18H18ClN3OS/c19-15-5-3-14(4-6-15)17(13-20)21-7-9-22(10-8-21)18(23)12-16-2-1-11-24-16/h1-6,11,17H,7-10,12H2. The zero-order chi connectivity index (χ0) is 16.9. The van der Waals surface area contributed by atoms with Crippen LogP contribution in [-0.4, -0.2) is 41.9 Å². The molecule has 1 aliphatic rings. The maximum absolute atomic E-state index is 12.4. The second-order valence-corrected chi connectivity index (χ2v) is 7.22. The maximum Gasteiger partial charge on any atom is 0.227 e. The number of benzene rings is 1. The summed E-state index contributed by atoms with van der Waals surface area (Å²) in [4.78, 5) is 17.5. The fraction of sp³-hybridized carbons (Fsp3) is 0.333. The molecule has 1 unspecified atom stereocenters. The van der Waals surface area contributed by atoms with Gasteiger partial charge in [0.25, 0.3) is 0 Å². The van der Waals surface area contributed by atoms with Crippen molar-refractivity contribution in [3.8, 4) is 6.07 Å². The molecule has 1 amide bonds. The van der Waals surface area contributed by atoms with E-state index in [2.05, 4.69) is 11.0 Å². The van der Waals surface area contributed by atoms with Crippen LogP contribution in [0.5, 0.6) is 0 Å². The van der Waals surface area contributed by atoms with Gasteiger partial charge in [0, 0.05) is 36.1 Å². The van der Waals surface area contributed by atoms with Crippen molar-refractivity contribution >= 4 is 28.8 Å². The molecule has 0 radical (unpaired) electrons. The summed E-state index contributed by atoms with van der Waals surface area (Å²) in [7, 11) is 0. The van der Waals surface area contributed by atoms with Gasteiger partial charge in [-0.25, -0.2) is 0 Å². The minimum absolute atomic E-state index is 0.164. The van der Waals surface area contributed by atoms with Gasteiger partial charge in [0.1, 0.15) is 6.04 Å². The number of carbonyl (C=O) groups is 1. The van der Waals surface area contributed by atoms with E-state index in [4.69, 9.17) is 11.6 Å². The largest absolute Gasteiger partial charge is 0.340 e. The topological polar surface area (TPSA) is 47.3 Å². The van der Waals surface area contributed by atoms with Gasteiger partial charge >= 0.3 is 0 Å². The van der Waals surface area contributed by atoms with Gasteiger partial charge in [-0.1, -0.05) is 29.8 Å². The Kier molecular flexibility index (Phi) is 5.52. The summed E-state index contributed by atoms with van der Waals surface area (Å²) in [5.74, 6) is 0.164. The Morgan fingerprint density at radius 3 is 2.50 bits per heavy atom. The average Bonchev–Trinajstić information content (AvgIpc) is 3.11. The normalized spacial score (nSPS) is 16.6. The summed E-state index contributed by atoms with van der Waals surface area (Å²) in [6.45, 7) is 2.74. The molecule has 3 rings (SSSR count). The van der Waals surface area contributed by atoms with Crippen LogP contribution in [0, 0.1) is 11.3 Å². The first-order chi connectivity index (χ1) is 11.7. The average molecular weight is 360 g/mol. The predicted molar refractivity (Wildman–Crippen MR) is 96.0 cm³/mol. The highest BCUT2D eigenvalue weighted by Gasteiger charge is 2.27. The minimum Gasteiger partial charge on any atom is -0.340 e. The van der Waals surface area contributed by atoms with E-state index in [-0.39, 0.29) is 11.9 Å². The van der Waals surface area contributed by atoms with E-state index in [1.807, 2.05) is 46.7 Å². The van der Waals surface area contributed by atoms with E-state index in [0.29, 0.717) is 37.6 Å². The Bertz CT molecular complexity index is 716. The first-order valence-electron chi connectivity index (χ1n) is 7.86. The molecule has 1 aromatic heterocycles. The Balaban J connectivity index is 1.58. The Morgan fingerprint density at radius 1 is 1.21 bits per heavy atom. The van der Waals surface area contributed by atoms with E-state index in [1.165, 1.54) is 0 Å². The summed E-state index contributed by atoms with van der Waals surface area (Å²) in [6.07, 6.45) is 0.469. The summed E-state index contributed by atoms with van der Waals surface area (Å²) in [5, 5.41) is 12.2. The van der Waals surface area contributed by atoms with E-state index in [0.717, 1.165) is 10.4 Å². The number of rotatable bonds is 4. The smallest absolute Gasteiger partial charge is 0.227 e. The third-order valence-electron chi connectivity index (χ3n) is 4.25. The molecular weight excluding hydrogens is 342 g/mol. The Labute approximate surface area is 150 Å². The molecule has 1 saturated heterocycles. The lowest BCUT2D eigenvalue weighted by atomic mass is 10.1. The lowest BCUT2D eigenvalue weighted by molar-refractivity contribution is -0.132. The fourth-order valence-electron chi connectivity index (χ4n) is 2.92. The second-order valence-electron chi connectivity index (χ2n) is 5.76. The van der Waals surface area contributed by atoms with Crippen molar-refractivity contribution in [2.45, 2.75) is 12.5 Å². The monoisotopic (exact) mass is 359 g/mol. The number of hydrogen-bond acceptors (Lipinski definition) is 4. The Morgan fingerprint density at radius 2 is 1.92 bits per heavy atom. The highest BCUT2D eigenvalue weighted by atomic mass is 35.5. The van der Waals surface area contributed by atoms with E-state index in [1.54, 1.807) is 11.3 Å². The van der Waals surface area contributed by atoms with Gasteiger partial charge in [-0.2, -0.15) is 5.26 Å². The van der Waals surface area contributed by atoms with E-state index in [9.17, 15) is 10.1 Å². The summed E-state index contributed by atoms with van der Waals surface area (Å²) in [6, 6.07) is 13.4. The second kappa shape index (κ2) is 7.80. The number of hydrogen-bond donors (Lipinski definition) is 0. The molecule has 6 heteroatoms. The van der Waals surface area contributed by atoms with Crippen molar-refractivity contribution in [1.29, 1.82) is 5.26 Å². The molecule has 1 aromatic carbocycles. The number of nitriles is 1. The number of halogens is 1. The van der Waals surface area contributed by atoms with Crippen molar-refractivity contribution in [3.63, 3.8) is 0 Å². The number of thiophene rings is 1. The molecule has 0 bridgehead atoms. The Hall–Kier alpha value is -1.87. The zero-order valence-electron chi connectivity index (χ0n) is 13.2. The van der Waals surface area contributed by atoms with Crippen molar-refractivity contribution in [2.24, 2.45) is 0 Å². The molecule has 1 aliphatic heterocycles. The molecule has 1 atom stereocenters. The highest BCUT2D eigenvalue weighted by molar-refractivity contribution is 7.10. The molecule has 4 nitrogen and oxygen atoms in total. The molecule has 24 heavy (non-hydrogen) atoms. The predicted octanol–water partition coefficient (Wildman–Crippen LogP) is 3.35. The summed E-state index contributed by atoms with van der Waals surface area (Å²) in [5.41, 5.74) is 0.945. The molecule has 0 spiro atoms. The van der Waals surface area contributed by atoms with Crippen LogP contribution in [0.2, 0.25) is 5.02 Å². The van der Waals surface area contributed by atoms with Crippen molar-refractivity contribution in [1.82, 2.24) is 9.80 Å².